The van der Waals surface area contributed by atoms with E-state index in [1.165, 1.54) is 106 Å². The first-order valence-electron chi connectivity index (χ1n) is 46.7. The van der Waals surface area contributed by atoms with Gasteiger partial charge in [-0.3, -0.25) is 23.2 Å². The first-order valence-corrected chi connectivity index (χ1v) is 74.8. The zero-order valence-electron chi connectivity index (χ0n) is 78.3. The van der Waals surface area contributed by atoms with Gasteiger partial charge in [-0.05, 0) is 135 Å². The van der Waals surface area contributed by atoms with Gasteiger partial charge in [0.25, 0.3) is 0 Å². The van der Waals surface area contributed by atoms with E-state index >= 15 is 0 Å². The fraction of sp³-hybridized carbons (Fsp3) is 0.0256. The van der Waals surface area contributed by atoms with E-state index in [-0.39, 0.29) is 34.5 Å². The molecule has 0 atom stereocenters. The Morgan fingerprint density at radius 1 is 0.319 bits per heavy atom. The summed E-state index contributed by atoms with van der Waals surface area (Å²) in [5.74, 6) is 2.68. The maximum Gasteiger partial charge on any atom is 2.00 e. The third kappa shape index (κ3) is 20.3. The SMILES string of the molecule is Brc1cccc2c1oc1ccccc12.Cn1ccc(-c2[c-]c(B(c3[c-]c4c(cc3)c3ccccc3n4-c3ccccn3)c3cccc4c3oc3ccccc34)ccc2)n1.Cn1ccc(-c2cccc(B(c3ccc4c5ccccc5n(-c5ccccn5)c4c3)c3cccc4c3oc3ccccc34)c2)n1.Cn1ccc(-c2cccc([B]c3ccc4c5ccccc5n(-c5ccccn5)c4c3)c2)n1.[Cl][Pt]([Cl])([Cl])[Cl].[K][K].[Pt+2]. The molecule has 144 heavy (non-hydrogen) atoms. The number of rotatable bonds is 14. The van der Waals surface area contributed by atoms with Crippen molar-refractivity contribution < 1.29 is 46.2 Å². The second-order valence-electron chi connectivity index (χ2n) is 34.4. The number of furan rings is 3. The number of hydrogen-bond donors (Lipinski definition) is 0. The van der Waals surface area contributed by atoms with E-state index in [0.717, 1.165) is 187 Å². The summed E-state index contributed by atoms with van der Waals surface area (Å²) in [5.41, 5.74) is 26.9. The average Bonchev–Trinajstić information content (AvgIpc) is 1.52. The molecule has 0 bridgehead atoms. The van der Waals surface area contributed by atoms with Crippen LogP contribution in [-0.4, -0.2) is 142 Å². The van der Waals surface area contributed by atoms with Gasteiger partial charge in [0.05, 0.1) is 37.9 Å². The molecule has 0 amide bonds. The molecule has 27 rings (SSSR count). The molecule has 0 unspecified atom stereocenters. The fourth-order valence-corrected chi connectivity index (χ4v) is 20.1. The predicted octanol–water partition coefficient (Wildman–Crippen LogP) is 24.2. The van der Waals surface area contributed by atoms with Gasteiger partial charge in [-0.2, -0.15) is 39.3 Å². The van der Waals surface area contributed by atoms with E-state index in [4.69, 9.17) is 66.0 Å². The molecule has 0 aliphatic carbocycles. The van der Waals surface area contributed by atoms with Gasteiger partial charge in [0.1, 0.15) is 51.0 Å². The molecule has 0 N–H and O–H groups in total. The summed E-state index contributed by atoms with van der Waals surface area (Å²) >= 11 is 2.93. The average molecular weight is 2420 g/mol. The normalized spacial score (nSPS) is 11.5. The maximum absolute atomic E-state index is 6.62. The molecular formula is C117H79B3BrCl4K2N12O3Pt2. The van der Waals surface area contributed by atoms with Crippen LogP contribution in [0.1, 0.15) is 0 Å². The summed E-state index contributed by atoms with van der Waals surface area (Å²) in [4.78, 5) is 14.1. The third-order valence-corrected chi connectivity index (χ3v) is 26.3. The van der Waals surface area contributed by atoms with E-state index in [1.807, 2.05) is 182 Å². The van der Waals surface area contributed by atoms with Gasteiger partial charge in [-0.25, -0.2) is 20.1 Å². The van der Waals surface area contributed by atoms with Gasteiger partial charge in [0, 0.05) is 135 Å². The van der Waals surface area contributed by atoms with Crippen molar-refractivity contribution in [3.8, 4) is 51.2 Å². The van der Waals surface area contributed by atoms with Crippen molar-refractivity contribution in [2.75, 3.05) is 0 Å². The number of para-hydroxylation sites is 9. The van der Waals surface area contributed by atoms with Gasteiger partial charge >= 0.3 is 134 Å². The molecule has 0 spiro atoms. The van der Waals surface area contributed by atoms with Crippen LogP contribution in [-0.2, 0) is 54.1 Å². The van der Waals surface area contributed by atoms with Crippen LogP contribution in [0.2, 0.25) is 0 Å². The van der Waals surface area contributed by atoms with Crippen LogP contribution in [0.15, 0.2) is 443 Å². The number of pyridine rings is 3. The number of benzene rings is 15. The Hall–Kier alpha value is -11.3. The topological polar surface area (TPSA) is 146 Å². The van der Waals surface area contributed by atoms with E-state index in [0.29, 0.717) is 0 Å². The number of halogens is 5. The standard InChI is InChI=1S/C39H27BN4O.C39H25BN4O.C27H20BN4.C12H7BrO.4ClH.2K.2Pt/c2*1-43-23-21-34(42-43)26-10-8-11-27(24-26)40(33-15-9-14-32-31-13-3-5-17-37(31)45-39(32)33)28-19-20-30-29-12-2-4-16-35(29)44(36(30)25-28)38-18-6-7-22-41-38;1-31-16-14-24(30-31)19-7-6-8-20(17-19)28-21-12-13-23-22-9-2-3-10-25(22)32(26(23)18-21)27-11-4-5-15-29-27;13-10-6-3-5-9-8-4-1-2-7-11(8)14-12(9)10;;;;;;;;/h2-25H,1H3;2-23H,1H3;2-18H,1H3;1-7H;4*1H;;;;/q;-2;;;;;;;;;+2;+4/p-4. The van der Waals surface area contributed by atoms with E-state index < -0.39 is 11.9 Å². The molecule has 1 radical (unpaired) electrons. The summed E-state index contributed by atoms with van der Waals surface area (Å²) < 4.78 is 32.2. The summed E-state index contributed by atoms with van der Waals surface area (Å²) in [5, 5.41) is 27.8. The minimum atomic E-state index is -3.06. The van der Waals surface area contributed by atoms with Crippen molar-refractivity contribution in [1.29, 1.82) is 0 Å². The molecule has 691 valence electrons. The Kier molecular flexibility index (Phi) is 30.0. The van der Waals surface area contributed by atoms with Crippen molar-refractivity contribution in [3.63, 3.8) is 0 Å². The number of fused-ring (bicyclic) bond motifs is 18. The molecule has 15 nitrogen and oxygen atoms in total. The fourth-order valence-electron chi connectivity index (χ4n) is 19.6. The van der Waals surface area contributed by atoms with Crippen molar-refractivity contribution in [3.05, 3.63) is 442 Å². The first-order chi connectivity index (χ1) is 70.1. The van der Waals surface area contributed by atoms with Crippen LogP contribution >= 0.6 is 53.6 Å². The Bertz CT molecular complexity index is 9040. The number of aryl methyl sites for hydroxylation is 3. The first kappa shape index (κ1) is 98.7. The van der Waals surface area contributed by atoms with Crippen molar-refractivity contribution in [2.45, 2.75) is 0 Å². The maximum atomic E-state index is 6.62. The van der Waals surface area contributed by atoms with Crippen molar-refractivity contribution in [2.24, 2.45) is 21.1 Å². The van der Waals surface area contributed by atoms with E-state index in [1.54, 1.807) is 0 Å². The third-order valence-electron chi connectivity index (χ3n) is 25.7. The second kappa shape index (κ2) is 43.8. The van der Waals surface area contributed by atoms with Crippen LogP contribution in [0.4, 0.5) is 0 Å². The molecule has 0 saturated carbocycles. The van der Waals surface area contributed by atoms with Crippen LogP contribution in [0.25, 0.3) is 182 Å². The summed E-state index contributed by atoms with van der Waals surface area (Å²) in [7, 11) is 28.1. The zero-order valence-corrected chi connectivity index (χ0v) is 93.7. The number of aromatic nitrogens is 12. The van der Waals surface area contributed by atoms with Gasteiger partial charge < -0.3 is 17.8 Å². The Labute approximate surface area is 918 Å². The van der Waals surface area contributed by atoms with Gasteiger partial charge in [-0.1, -0.05) is 282 Å². The smallest absolute Gasteiger partial charge is 2.00 e. The molecule has 0 saturated heterocycles. The quantitative estimate of drug-likeness (QED) is 0.0767. The van der Waals surface area contributed by atoms with Crippen LogP contribution < -0.4 is 43.7 Å². The van der Waals surface area contributed by atoms with E-state index in [2.05, 4.69) is 343 Å². The minimum absolute atomic E-state index is 0. The van der Waals surface area contributed by atoms with Crippen molar-refractivity contribution >= 4 is 312 Å². The summed E-state index contributed by atoms with van der Waals surface area (Å²) in [6, 6.07) is 143. The predicted molar refractivity (Wildman–Crippen MR) is 597 cm³/mol. The van der Waals surface area contributed by atoms with Crippen LogP contribution in [0.5, 0.6) is 0 Å². The van der Waals surface area contributed by atoms with E-state index in [9.17, 15) is 0 Å². The molecule has 0 aliphatic rings. The molecule has 27 aromatic rings. The molecule has 0 aliphatic heterocycles. The van der Waals surface area contributed by atoms with Crippen molar-refractivity contribution in [1.82, 2.24) is 58.0 Å². The van der Waals surface area contributed by atoms with Gasteiger partial charge in [0.2, 0.25) is 13.4 Å². The van der Waals surface area contributed by atoms with Gasteiger partial charge in [0.15, 0.2) is 7.28 Å². The Morgan fingerprint density at radius 2 is 0.708 bits per heavy atom. The van der Waals surface area contributed by atoms with Crippen LogP contribution in [0.3, 0.4) is 0 Å². The molecular weight excluding hydrogens is 2340 g/mol. The molecule has 0 fully saturated rings. The summed E-state index contributed by atoms with van der Waals surface area (Å²) in [6.07, 6.45) is 11.4. The molecule has 12 heterocycles. The number of hydrogen-bond acceptors (Lipinski definition) is 9. The largest absolute Gasteiger partial charge is 2.00 e. The molecule has 15 aromatic carbocycles. The van der Waals surface area contributed by atoms with Crippen LogP contribution in [0, 0.1) is 12.1 Å². The monoisotopic (exact) mass is 2420 g/mol. The molecule has 12 aromatic heterocycles. The number of nitrogens with zero attached hydrogens (tertiary/aromatic N) is 12. The zero-order chi connectivity index (χ0) is 97.4. The van der Waals surface area contributed by atoms with Gasteiger partial charge in [-0.15, -0.1) is 35.2 Å². The molecule has 27 heteroatoms. The Balaban J connectivity index is 0.000000116. The summed E-state index contributed by atoms with van der Waals surface area (Å²) in [6.45, 7) is -0.310. The Morgan fingerprint density at radius 3 is 1.24 bits per heavy atom. The minimum Gasteiger partial charge on any atom is 2.00 e. The second-order valence-corrected chi connectivity index (χ2v) is 54.9.